The minimum atomic E-state index is -0.279. The van der Waals surface area contributed by atoms with Gasteiger partial charge in [-0.1, -0.05) is 43.7 Å². The predicted octanol–water partition coefficient (Wildman–Crippen LogP) is 3.81. The zero-order valence-corrected chi connectivity index (χ0v) is 12.4. The minimum absolute atomic E-state index is 0.135. The molecule has 0 N–H and O–H groups in total. The first-order valence-electron chi connectivity index (χ1n) is 7.17. The third-order valence-corrected chi connectivity index (χ3v) is 3.86. The molecule has 1 aliphatic heterocycles. The Bertz CT molecular complexity index is 490. The normalized spacial score (nSPS) is 22.4. The van der Waals surface area contributed by atoms with E-state index in [1.165, 1.54) is 12.7 Å². The topological polar surface area (TPSA) is 35.5 Å². The zero-order valence-electron chi connectivity index (χ0n) is 12.4. The molecular weight excluding hydrogens is 252 g/mol. The third kappa shape index (κ3) is 3.03. The Morgan fingerprint density at radius 3 is 2.65 bits per heavy atom. The molecule has 1 heterocycles. The molecule has 0 amide bonds. The maximum Gasteiger partial charge on any atom is 0.337 e. The van der Waals surface area contributed by atoms with Gasteiger partial charge in [-0.2, -0.15) is 0 Å². The predicted molar refractivity (Wildman–Crippen MR) is 78.3 cm³/mol. The van der Waals surface area contributed by atoms with E-state index >= 15 is 0 Å². The van der Waals surface area contributed by atoms with Crippen LogP contribution >= 0.6 is 0 Å². The summed E-state index contributed by atoms with van der Waals surface area (Å²) in [6.07, 6.45) is 2.88. The van der Waals surface area contributed by atoms with Crippen molar-refractivity contribution in [3.05, 3.63) is 47.2 Å². The first-order valence-corrected chi connectivity index (χ1v) is 7.17. The Balaban J connectivity index is 2.31. The Morgan fingerprint density at radius 1 is 1.35 bits per heavy atom. The van der Waals surface area contributed by atoms with Gasteiger partial charge in [-0.3, -0.25) is 0 Å². The summed E-state index contributed by atoms with van der Waals surface area (Å²) in [5.41, 5.74) is 1.88. The van der Waals surface area contributed by atoms with Gasteiger partial charge >= 0.3 is 5.97 Å². The molecule has 0 unspecified atom stereocenters. The summed E-state index contributed by atoms with van der Waals surface area (Å²) in [4.78, 5) is 11.9. The summed E-state index contributed by atoms with van der Waals surface area (Å²) in [6, 6.07) is 10.3. The highest BCUT2D eigenvalue weighted by Gasteiger charge is 2.33. The molecule has 0 saturated carbocycles. The number of allylic oxidation sites excluding steroid dienone is 1. The van der Waals surface area contributed by atoms with Crippen LogP contribution in [-0.2, 0) is 14.3 Å². The van der Waals surface area contributed by atoms with Crippen LogP contribution < -0.4 is 0 Å². The average Bonchev–Trinajstić information content (AvgIpc) is 2.48. The fourth-order valence-electron chi connectivity index (χ4n) is 2.80. The van der Waals surface area contributed by atoms with Crippen LogP contribution in [0, 0.1) is 0 Å². The molecule has 1 aromatic rings. The van der Waals surface area contributed by atoms with Crippen molar-refractivity contribution in [3.8, 4) is 0 Å². The second kappa shape index (κ2) is 6.60. The van der Waals surface area contributed by atoms with Crippen molar-refractivity contribution in [2.75, 3.05) is 7.11 Å². The molecule has 0 spiro atoms. The summed E-state index contributed by atoms with van der Waals surface area (Å²) in [7, 11) is 1.41. The molecule has 3 nitrogen and oxygen atoms in total. The van der Waals surface area contributed by atoms with Gasteiger partial charge in [-0.05, 0) is 25.3 Å². The average molecular weight is 274 g/mol. The summed E-state index contributed by atoms with van der Waals surface area (Å²) >= 11 is 0. The number of hydrogen-bond acceptors (Lipinski definition) is 3. The molecule has 2 rings (SSSR count). The standard InChI is InChI=1S/C17H22O3/c1-4-8-16-15(13-9-6-5-7-10-13)11-14(12(2)20-16)17(18)19-3/h5-7,9-10,15-16H,4,8,11H2,1-3H3/t15-,16+/m0/s1. The van der Waals surface area contributed by atoms with Crippen LogP contribution in [-0.4, -0.2) is 19.2 Å². The van der Waals surface area contributed by atoms with Crippen molar-refractivity contribution < 1.29 is 14.3 Å². The molecular formula is C17H22O3. The number of esters is 1. The Hall–Kier alpha value is -1.77. The van der Waals surface area contributed by atoms with Crippen molar-refractivity contribution in [1.82, 2.24) is 0 Å². The van der Waals surface area contributed by atoms with Crippen molar-refractivity contribution >= 4 is 5.97 Å². The summed E-state index contributed by atoms with van der Waals surface area (Å²) < 4.78 is 10.9. The number of hydrogen-bond donors (Lipinski definition) is 0. The van der Waals surface area contributed by atoms with E-state index in [1.54, 1.807) is 0 Å². The van der Waals surface area contributed by atoms with Gasteiger partial charge in [-0.25, -0.2) is 4.79 Å². The molecule has 2 atom stereocenters. The van der Waals surface area contributed by atoms with Gasteiger partial charge in [0.15, 0.2) is 0 Å². The number of ether oxygens (including phenoxy) is 2. The second-order valence-corrected chi connectivity index (χ2v) is 5.19. The lowest BCUT2D eigenvalue weighted by molar-refractivity contribution is -0.137. The van der Waals surface area contributed by atoms with Crippen molar-refractivity contribution in [2.45, 2.75) is 45.1 Å². The van der Waals surface area contributed by atoms with Gasteiger partial charge in [-0.15, -0.1) is 0 Å². The van der Waals surface area contributed by atoms with Crippen molar-refractivity contribution in [2.24, 2.45) is 0 Å². The van der Waals surface area contributed by atoms with E-state index in [4.69, 9.17) is 9.47 Å². The van der Waals surface area contributed by atoms with E-state index < -0.39 is 0 Å². The van der Waals surface area contributed by atoms with Crippen LogP contribution in [0.1, 0.15) is 44.6 Å². The third-order valence-electron chi connectivity index (χ3n) is 3.86. The lowest BCUT2D eigenvalue weighted by Gasteiger charge is -2.34. The van der Waals surface area contributed by atoms with E-state index in [1.807, 2.05) is 25.1 Å². The van der Waals surface area contributed by atoms with Crippen molar-refractivity contribution in [1.29, 1.82) is 0 Å². The minimum Gasteiger partial charge on any atom is -0.494 e. The monoisotopic (exact) mass is 274 g/mol. The van der Waals surface area contributed by atoms with Crippen LogP contribution in [0.3, 0.4) is 0 Å². The molecule has 3 heteroatoms. The Morgan fingerprint density at radius 2 is 2.05 bits per heavy atom. The van der Waals surface area contributed by atoms with E-state index in [2.05, 4.69) is 19.1 Å². The van der Waals surface area contributed by atoms with E-state index in [0.717, 1.165) is 12.8 Å². The first-order chi connectivity index (χ1) is 9.67. The summed E-state index contributed by atoms with van der Waals surface area (Å²) in [5.74, 6) is 0.648. The molecule has 0 radical (unpaired) electrons. The van der Waals surface area contributed by atoms with Crippen LogP contribution in [0.15, 0.2) is 41.7 Å². The zero-order chi connectivity index (χ0) is 14.5. The lowest BCUT2D eigenvalue weighted by Crippen LogP contribution is -2.29. The quantitative estimate of drug-likeness (QED) is 0.783. The van der Waals surface area contributed by atoms with Gasteiger partial charge in [0.25, 0.3) is 0 Å². The van der Waals surface area contributed by atoms with E-state index in [-0.39, 0.29) is 18.0 Å². The lowest BCUT2D eigenvalue weighted by atomic mass is 9.83. The van der Waals surface area contributed by atoms with E-state index in [0.29, 0.717) is 17.8 Å². The second-order valence-electron chi connectivity index (χ2n) is 5.19. The maximum atomic E-state index is 11.9. The van der Waals surface area contributed by atoms with Gasteiger partial charge < -0.3 is 9.47 Å². The van der Waals surface area contributed by atoms with Crippen LogP contribution in [0.5, 0.6) is 0 Å². The molecule has 0 aromatic heterocycles. The number of carbonyl (C=O) groups is 1. The number of methoxy groups -OCH3 is 1. The van der Waals surface area contributed by atoms with Gasteiger partial charge in [0.1, 0.15) is 11.9 Å². The van der Waals surface area contributed by atoms with Gasteiger partial charge in [0.05, 0.1) is 12.7 Å². The van der Waals surface area contributed by atoms with Crippen LogP contribution in [0.2, 0.25) is 0 Å². The first kappa shape index (κ1) is 14.6. The number of benzene rings is 1. The van der Waals surface area contributed by atoms with Gasteiger partial charge in [0, 0.05) is 5.92 Å². The molecule has 1 aliphatic rings. The van der Waals surface area contributed by atoms with Gasteiger partial charge in [0.2, 0.25) is 0 Å². The van der Waals surface area contributed by atoms with Crippen molar-refractivity contribution in [3.63, 3.8) is 0 Å². The molecule has 0 aliphatic carbocycles. The highest BCUT2D eigenvalue weighted by molar-refractivity contribution is 5.89. The smallest absolute Gasteiger partial charge is 0.337 e. The molecule has 20 heavy (non-hydrogen) atoms. The Kier molecular flexibility index (Phi) is 4.83. The number of carbonyl (C=O) groups excluding carboxylic acids is 1. The Labute approximate surface area is 120 Å². The van der Waals surface area contributed by atoms with Crippen LogP contribution in [0.4, 0.5) is 0 Å². The molecule has 0 fully saturated rings. The maximum absolute atomic E-state index is 11.9. The molecule has 0 saturated heterocycles. The molecule has 1 aromatic carbocycles. The highest BCUT2D eigenvalue weighted by atomic mass is 16.5. The van der Waals surface area contributed by atoms with E-state index in [9.17, 15) is 4.79 Å². The largest absolute Gasteiger partial charge is 0.494 e. The molecule has 108 valence electrons. The summed E-state index contributed by atoms with van der Waals surface area (Å²) in [5, 5.41) is 0. The molecule has 0 bridgehead atoms. The van der Waals surface area contributed by atoms with Crippen LogP contribution in [0.25, 0.3) is 0 Å². The highest BCUT2D eigenvalue weighted by Crippen LogP contribution is 2.38. The fraction of sp³-hybridized carbons (Fsp3) is 0.471. The summed E-state index contributed by atoms with van der Waals surface area (Å²) in [6.45, 7) is 4.01. The fourth-order valence-corrected chi connectivity index (χ4v) is 2.80. The number of rotatable bonds is 4. The SMILES string of the molecule is CCC[C@H]1OC(C)=C(C(=O)OC)C[C@H]1c1ccccc1.